The van der Waals surface area contributed by atoms with Crippen LogP contribution in [0.15, 0.2) is 24.5 Å². The summed E-state index contributed by atoms with van der Waals surface area (Å²) < 4.78 is 6.68. The summed E-state index contributed by atoms with van der Waals surface area (Å²) in [5, 5.41) is 0. The fraction of sp³-hybridized carbons (Fsp3) is 0.444. The monoisotopic (exact) mass is 168 g/mol. The van der Waals surface area contributed by atoms with Crippen LogP contribution in [0.25, 0.3) is 0 Å². The maximum absolute atomic E-state index is 5.25. The minimum atomic E-state index is 0.619. The van der Waals surface area contributed by atoms with Gasteiger partial charge in [-0.1, -0.05) is 0 Å². The lowest BCUT2D eigenvalue weighted by atomic mass is 10.3. The average molecular weight is 168 g/mol. The van der Waals surface area contributed by atoms with Crippen molar-refractivity contribution in [3.63, 3.8) is 0 Å². The average Bonchev–Trinajstić information content (AvgIpc) is 2.06. The van der Waals surface area contributed by atoms with Crippen LogP contribution in [0.5, 0.6) is 0 Å². The lowest BCUT2D eigenvalue weighted by Crippen LogP contribution is -2.42. The van der Waals surface area contributed by atoms with E-state index in [1.165, 1.54) is 0 Å². The number of hydrogen-bond donors (Lipinski definition) is 0. The predicted molar refractivity (Wildman–Crippen MR) is 44.5 cm³/mol. The Bertz CT molecular complexity index is 216. The smallest absolute Gasteiger partial charge is 0.227 e. The molecular weight excluding hydrogens is 154 g/mol. The van der Waals surface area contributed by atoms with Crippen molar-refractivity contribution in [1.82, 2.24) is 0 Å². The molecule has 0 aliphatic carbocycles. The van der Waals surface area contributed by atoms with Gasteiger partial charge in [-0.25, -0.2) is 0 Å². The number of aromatic nitrogens is 1. The number of nitrogens with zero attached hydrogens (tertiary/aromatic N) is 1. The van der Waals surface area contributed by atoms with Gasteiger partial charge in [-0.05, 0) is 13.0 Å². The fourth-order valence-corrected chi connectivity index (χ4v) is 0.982. The highest BCUT2D eigenvalue weighted by molar-refractivity contribution is 5.03. The number of rotatable bonds is 4. The van der Waals surface area contributed by atoms with Crippen molar-refractivity contribution < 1.29 is 14.3 Å². The highest BCUT2D eigenvalue weighted by atomic mass is 16.7. The van der Waals surface area contributed by atoms with Crippen LogP contribution in [0.4, 0.5) is 0 Å². The molecule has 0 fully saturated rings. The molecule has 0 spiro atoms. The Kier molecular flexibility index (Phi) is 3.54. The molecule has 0 radical (unpaired) electrons. The van der Waals surface area contributed by atoms with Gasteiger partial charge in [0.2, 0.25) is 12.4 Å². The van der Waals surface area contributed by atoms with Crippen LogP contribution in [0, 0.1) is 0 Å². The van der Waals surface area contributed by atoms with Crippen LogP contribution < -0.4 is 9.57 Å². The first kappa shape index (κ1) is 9.00. The standard InChI is InChI=1S/C9H14NO2/c1-3-12-10-6-4-5-9(7-10)8-11-2/h4-7H,3,8H2,1-2H3/q+1. The van der Waals surface area contributed by atoms with Gasteiger partial charge < -0.3 is 4.74 Å². The molecule has 12 heavy (non-hydrogen) atoms. The molecule has 0 bridgehead atoms. The maximum Gasteiger partial charge on any atom is 0.227 e. The lowest BCUT2D eigenvalue weighted by molar-refractivity contribution is -0.891. The summed E-state index contributed by atoms with van der Waals surface area (Å²) in [5.41, 5.74) is 1.11. The van der Waals surface area contributed by atoms with E-state index in [9.17, 15) is 0 Å². The van der Waals surface area contributed by atoms with Gasteiger partial charge in [-0.15, -0.1) is 0 Å². The molecule has 3 nitrogen and oxygen atoms in total. The van der Waals surface area contributed by atoms with Crippen molar-refractivity contribution in [2.24, 2.45) is 0 Å². The Labute approximate surface area is 72.5 Å². The molecule has 3 heteroatoms. The largest absolute Gasteiger partial charge is 0.380 e. The summed E-state index contributed by atoms with van der Waals surface area (Å²) in [4.78, 5) is 5.25. The van der Waals surface area contributed by atoms with Gasteiger partial charge in [0, 0.05) is 23.5 Å². The molecule has 0 saturated heterocycles. The highest BCUT2D eigenvalue weighted by Crippen LogP contribution is 1.94. The molecule has 0 aliphatic heterocycles. The molecule has 1 rings (SSSR count). The van der Waals surface area contributed by atoms with E-state index in [1.54, 1.807) is 11.8 Å². The third-order valence-electron chi connectivity index (χ3n) is 1.43. The summed E-state index contributed by atoms with van der Waals surface area (Å²) in [5.74, 6) is 0. The summed E-state index contributed by atoms with van der Waals surface area (Å²) in [7, 11) is 1.68. The third-order valence-corrected chi connectivity index (χ3v) is 1.43. The van der Waals surface area contributed by atoms with Gasteiger partial charge in [0.05, 0.1) is 6.61 Å². The van der Waals surface area contributed by atoms with E-state index in [4.69, 9.17) is 9.57 Å². The first-order chi connectivity index (χ1) is 5.86. The molecule has 0 aromatic carbocycles. The molecule has 1 aromatic heterocycles. The van der Waals surface area contributed by atoms with E-state index in [0.29, 0.717) is 13.2 Å². The minimum absolute atomic E-state index is 0.619. The van der Waals surface area contributed by atoms with Crippen LogP contribution in [0.2, 0.25) is 0 Å². The SMILES string of the molecule is CCO[n+]1cccc(COC)c1. The first-order valence-corrected chi connectivity index (χ1v) is 3.99. The topological polar surface area (TPSA) is 22.3 Å². The summed E-state index contributed by atoms with van der Waals surface area (Å²) in [6, 6.07) is 3.93. The predicted octanol–water partition coefficient (Wildman–Crippen LogP) is 0.569. The molecule has 1 aromatic rings. The van der Waals surface area contributed by atoms with Crippen LogP contribution >= 0.6 is 0 Å². The van der Waals surface area contributed by atoms with Gasteiger partial charge in [0.15, 0.2) is 6.61 Å². The Balaban J connectivity index is 2.67. The van der Waals surface area contributed by atoms with Crippen LogP contribution in [0.3, 0.4) is 0 Å². The van der Waals surface area contributed by atoms with E-state index in [-0.39, 0.29) is 0 Å². The Hall–Kier alpha value is -1.09. The van der Waals surface area contributed by atoms with E-state index in [1.807, 2.05) is 31.5 Å². The van der Waals surface area contributed by atoms with Crippen LogP contribution in [-0.2, 0) is 11.3 Å². The fourth-order valence-electron chi connectivity index (χ4n) is 0.982. The maximum atomic E-state index is 5.25. The van der Waals surface area contributed by atoms with Crippen molar-refractivity contribution in [3.05, 3.63) is 30.1 Å². The molecule has 0 atom stereocenters. The molecule has 0 unspecified atom stereocenters. The van der Waals surface area contributed by atoms with Gasteiger partial charge >= 0.3 is 0 Å². The third kappa shape index (κ3) is 2.51. The zero-order valence-corrected chi connectivity index (χ0v) is 7.49. The van der Waals surface area contributed by atoms with Crippen molar-refractivity contribution in [3.8, 4) is 0 Å². The van der Waals surface area contributed by atoms with Crippen LogP contribution in [0.1, 0.15) is 12.5 Å². The molecule has 0 amide bonds. The summed E-state index contributed by atoms with van der Waals surface area (Å²) in [6.07, 6.45) is 3.77. The van der Waals surface area contributed by atoms with Gasteiger partial charge in [0.25, 0.3) is 0 Å². The minimum Gasteiger partial charge on any atom is -0.380 e. The van der Waals surface area contributed by atoms with E-state index in [0.717, 1.165) is 5.56 Å². The number of pyridine rings is 1. The zero-order valence-electron chi connectivity index (χ0n) is 7.49. The second-order valence-corrected chi connectivity index (χ2v) is 2.42. The van der Waals surface area contributed by atoms with Crippen molar-refractivity contribution in [1.29, 1.82) is 0 Å². The molecule has 66 valence electrons. The van der Waals surface area contributed by atoms with E-state index < -0.39 is 0 Å². The summed E-state index contributed by atoms with van der Waals surface area (Å²) >= 11 is 0. The Morgan fingerprint density at radius 2 is 2.33 bits per heavy atom. The second-order valence-electron chi connectivity index (χ2n) is 2.42. The van der Waals surface area contributed by atoms with E-state index >= 15 is 0 Å². The number of ether oxygens (including phenoxy) is 1. The van der Waals surface area contributed by atoms with Gasteiger partial charge in [-0.2, -0.15) is 0 Å². The van der Waals surface area contributed by atoms with E-state index in [2.05, 4.69) is 0 Å². The molecular formula is C9H14NO2+. The van der Waals surface area contributed by atoms with Crippen molar-refractivity contribution in [2.75, 3.05) is 13.7 Å². The Morgan fingerprint density at radius 1 is 1.50 bits per heavy atom. The van der Waals surface area contributed by atoms with Crippen LogP contribution in [-0.4, -0.2) is 13.7 Å². The zero-order chi connectivity index (χ0) is 8.81. The molecule has 1 heterocycles. The highest BCUT2D eigenvalue weighted by Gasteiger charge is 2.01. The lowest BCUT2D eigenvalue weighted by Gasteiger charge is -1.97. The van der Waals surface area contributed by atoms with Crippen molar-refractivity contribution >= 4 is 0 Å². The van der Waals surface area contributed by atoms with Gasteiger partial charge in [-0.3, -0.25) is 4.84 Å². The molecule has 0 aliphatic rings. The normalized spacial score (nSPS) is 9.83. The second kappa shape index (κ2) is 4.72. The summed E-state index contributed by atoms with van der Waals surface area (Å²) in [6.45, 7) is 3.24. The first-order valence-electron chi connectivity index (χ1n) is 3.99. The number of hydrogen-bond acceptors (Lipinski definition) is 2. The molecule has 0 N–H and O–H groups in total. The number of methoxy groups -OCH3 is 1. The Morgan fingerprint density at radius 3 is 3.00 bits per heavy atom. The van der Waals surface area contributed by atoms with Crippen molar-refractivity contribution in [2.45, 2.75) is 13.5 Å². The van der Waals surface area contributed by atoms with Gasteiger partial charge in [0.1, 0.15) is 0 Å². The quantitative estimate of drug-likeness (QED) is 0.613. The molecule has 0 saturated carbocycles.